The zero-order chi connectivity index (χ0) is 15.4. The highest BCUT2D eigenvalue weighted by molar-refractivity contribution is 9.10. The molecule has 2 rings (SSSR count). The molecule has 1 aromatic heterocycles. The van der Waals surface area contributed by atoms with Crippen molar-refractivity contribution in [1.82, 2.24) is 4.98 Å². The molecule has 0 aliphatic rings. The van der Waals surface area contributed by atoms with Crippen LogP contribution in [0.3, 0.4) is 0 Å². The monoisotopic (exact) mass is 351 g/mol. The van der Waals surface area contributed by atoms with Crippen molar-refractivity contribution in [2.75, 3.05) is 10.6 Å². The van der Waals surface area contributed by atoms with Crippen molar-refractivity contribution < 1.29 is 14.0 Å². The minimum absolute atomic E-state index is 0.0381. The van der Waals surface area contributed by atoms with Crippen molar-refractivity contribution >= 4 is 39.1 Å². The molecule has 2 aromatic rings. The number of anilines is 2. The summed E-state index contributed by atoms with van der Waals surface area (Å²) in [5, 5.41) is 4.94. The highest BCUT2D eigenvalue weighted by Gasteiger charge is 2.14. The van der Waals surface area contributed by atoms with E-state index >= 15 is 0 Å². The van der Waals surface area contributed by atoms with Crippen LogP contribution in [-0.4, -0.2) is 16.8 Å². The van der Waals surface area contributed by atoms with Crippen molar-refractivity contribution in [2.24, 2.45) is 0 Å². The van der Waals surface area contributed by atoms with Crippen molar-refractivity contribution in [3.8, 4) is 0 Å². The summed E-state index contributed by atoms with van der Waals surface area (Å²) in [6.45, 7) is 1.34. The highest BCUT2D eigenvalue weighted by atomic mass is 79.9. The van der Waals surface area contributed by atoms with Crippen molar-refractivity contribution in [3.63, 3.8) is 0 Å². The normalized spacial score (nSPS) is 10.0. The lowest BCUT2D eigenvalue weighted by molar-refractivity contribution is -0.114. The van der Waals surface area contributed by atoms with Gasteiger partial charge in [0.2, 0.25) is 5.91 Å². The van der Waals surface area contributed by atoms with Gasteiger partial charge in [0, 0.05) is 23.3 Å². The topological polar surface area (TPSA) is 71.1 Å². The van der Waals surface area contributed by atoms with Gasteiger partial charge in [-0.1, -0.05) is 0 Å². The Kier molecular flexibility index (Phi) is 4.64. The van der Waals surface area contributed by atoms with Gasteiger partial charge in [-0.3, -0.25) is 9.59 Å². The standard InChI is InChI=1S/C14H11BrFN3O2/c1-8(20)18-9-4-5-11(16)12(7-9)19-14(21)13-10(15)3-2-6-17-13/h2-7H,1H3,(H,18,20)(H,19,21). The van der Waals surface area contributed by atoms with E-state index in [1.54, 1.807) is 12.1 Å². The van der Waals surface area contributed by atoms with Crippen LogP contribution >= 0.6 is 15.9 Å². The molecule has 1 heterocycles. The average Bonchev–Trinajstić information content (AvgIpc) is 2.42. The Balaban J connectivity index is 2.24. The number of amides is 2. The van der Waals surface area contributed by atoms with Crippen LogP contribution in [0, 0.1) is 5.82 Å². The van der Waals surface area contributed by atoms with Crippen molar-refractivity contribution in [3.05, 3.63) is 52.5 Å². The predicted molar refractivity (Wildman–Crippen MR) is 80.6 cm³/mol. The van der Waals surface area contributed by atoms with Crippen LogP contribution in [0.1, 0.15) is 17.4 Å². The molecule has 0 spiro atoms. The van der Waals surface area contributed by atoms with Crippen LogP contribution in [0.2, 0.25) is 0 Å². The summed E-state index contributed by atoms with van der Waals surface area (Å²) < 4.78 is 14.2. The number of aromatic nitrogens is 1. The largest absolute Gasteiger partial charge is 0.326 e. The molecule has 0 fully saturated rings. The minimum atomic E-state index is -0.607. The van der Waals surface area contributed by atoms with Crippen molar-refractivity contribution in [2.45, 2.75) is 6.92 Å². The van der Waals surface area contributed by atoms with E-state index < -0.39 is 11.7 Å². The molecule has 0 saturated carbocycles. The summed E-state index contributed by atoms with van der Waals surface area (Å²) in [5.74, 6) is -1.45. The summed E-state index contributed by atoms with van der Waals surface area (Å²) in [4.78, 5) is 27.0. The van der Waals surface area contributed by atoms with Gasteiger partial charge >= 0.3 is 0 Å². The number of hydrogen-bond donors (Lipinski definition) is 2. The number of rotatable bonds is 3. The molecule has 21 heavy (non-hydrogen) atoms. The maximum atomic E-state index is 13.7. The number of carbonyl (C=O) groups is 2. The van der Waals surface area contributed by atoms with E-state index in [2.05, 4.69) is 31.5 Å². The van der Waals surface area contributed by atoms with E-state index in [0.29, 0.717) is 10.2 Å². The Labute approximate surface area is 128 Å². The Hall–Kier alpha value is -2.28. The first kappa shape index (κ1) is 15.1. The molecule has 0 atom stereocenters. The molecule has 0 saturated heterocycles. The smallest absolute Gasteiger partial charge is 0.275 e. The van der Waals surface area contributed by atoms with Gasteiger partial charge in [-0.05, 0) is 46.3 Å². The number of benzene rings is 1. The van der Waals surface area contributed by atoms with Gasteiger partial charge in [-0.15, -0.1) is 0 Å². The Morgan fingerprint density at radius 2 is 2.00 bits per heavy atom. The quantitative estimate of drug-likeness (QED) is 0.891. The molecule has 0 unspecified atom stereocenters. The number of pyridine rings is 1. The maximum absolute atomic E-state index is 13.7. The fourth-order valence-electron chi connectivity index (χ4n) is 1.64. The Bertz CT molecular complexity index is 706. The number of halogens is 2. The van der Waals surface area contributed by atoms with Gasteiger partial charge in [0.25, 0.3) is 5.91 Å². The van der Waals surface area contributed by atoms with Gasteiger partial charge < -0.3 is 10.6 Å². The van der Waals surface area contributed by atoms with Crippen molar-refractivity contribution in [1.29, 1.82) is 0 Å². The van der Waals surface area contributed by atoms with Crippen LogP contribution in [-0.2, 0) is 4.79 Å². The molecule has 7 heteroatoms. The third kappa shape index (κ3) is 3.85. The second-order valence-corrected chi connectivity index (χ2v) is 5.02. The summed E-state index contributed by atoms with van der Waals surface area (Å²) in [5.41, 5.74) is 0.491. The number of carbonyl (C=O) groups excluding carboxylic acids is 2. The van der Waals surface area contributed by atoms with Crippen LogP contribution < -0.4 is 10.6 Å². The van der Waals surface area contributed by atoms with Gasteiger partial charge in [-0.2, -0.15) is 0 Å². The van der Waals surface area contributed by atoms with E-state index in [4.69, 9.17) is 0 Å². The van der Waals surface area contributed by atoms with E-state index in [-0.39, 0.29) is 17.3 Å². The van der Waals surface area contributed by atoms with Crippen LogP contribution in [0.4, 0.5) is 15.8 Å². The molecule has 0 bridgehead atoms. The van der Waals surface area contributed by atoms with Gasteiger partial charge in [-0.25, -0.2) is 9.37 Å². The lowest BCUT2D eigenvalue weighted by atomic mass is 10.2. The molecule has 0 radical (unpaired) electrons. The second-order valence-electron chi connectivity index (χ2n) is 4.16. The molecule has 108 valence electrons. The SMILES string of the molecule is CC(=O)Nc1ccc(F)c(NC(=O)c2ncccc2Br)c1. The first-order chi connectivity index (χ1) is 9.97. The lowest BCUT2D eigenvalue weighted by Crippen LogP contribution is -2.15. The zero-order valence-electron chi connectivity index (χ0n) is 11.0. The number of hydrogen-bond acceptors (Lipinski definition) is 3. The second kappa shape index (κ2) is 6.45. The fourth-order valence-corrected chi connectivity index (χ4v) is 2.07. The summed E-state index contributed by atoms with van der Waals surface area (Å²) in [6.07, 6.45) is 1.46. The zero-order valence-corrected chi connectivity index (χ0v) is 12.6. The van der Waals surface area contributed by atoms with E-state index in [0.717, 1.165) is 6.07 Å². The summed E-state index contributed by atoms with van der Waals surface area (Å²) >= 11 is 3.20. The first-order valence-electron chi connectivity index (χ1n) is 5.96. The molecule has 0 aliphatic heterocycles. The van der Waals surface area contributed by atoms with E-state index in [1.807, 2.05) is 0 Å². The lowest BCUT2D eigenvalue weighted by Gasteiger charge is -2.09. The minimum Gasteiger partial charge on any atom is -0.326 e. The molecular weight excluding hydrogens is 341 g/mol. The maximum Gasteiger partial charge on any atom is 0.275 e. The molecule has 5 nitrogen and oxygen atoms in total. The first-order valence-corrected chi connectivity index (χ1v) is 6.75. The third-order valence-electron chi connectivity index (χ3n) is 2.51. The van der Waals surface area contributed by atoms with Gasteiger partial charge in [0.1, 0.15) is 11.5 Å². The van der Waals surface area contributed by atoms with Gasteiger partial charge in [0.05, 0.1) is 5.69 Å². The van der Waals surface area contributed by atoms with Crippen LogP contribution in [0.25, 0.3) is 0 Å². The fraction of sp³-hybridized carbons (Fsp3) is 0.0714. The molecule has 2 N–H and O–H groups in total. The Morgan fingerprint density at radius 1 is 1.24 bits per heavy atom. The third-order valence-corrected chi connectivity index (χ3v) is 3.15. The van der Waals surface area contributed by atoms with E-state index in [9.17, 15) is 14.0 Å². The molecular formula is C14H11BrFN3O2. The summed E-state index contributed by atoms with van der Waals surface area (Å²) in [7, 11) is 0. The Morgan fingerprint density at radius 3 is 2.67 bits per heavy atom. The van der Waals surface area contributed by atoms with Crippen LogP contribution in [0.5, 0.6) is 0 Å². The summed E-state index contributed by atoms with van der Waals surface area (Å²) in [6, 6.07) is 7.23. The number of nitrogens with one attached hydrogen (secondary N) is 2. The average molecular weight is 352 g/mol. The van der Waals surface area contributed by atoms with Gasteiger partial charge in [0.15, 0.2) is 0 Å². The predicted octanol–water partition coefficient (Wildman–Crippen LogP) is 3.19. The molecule has 0 aliphatic carbocycles. The highest BCUT2D eigenvalue weighted by Crippen LogP contribution is 2.21. The molecule has 1 aromatic carbocycles. The van der Waals surface area contributed by atoms with E-state index in [1.165, 1.54) is 25.3 Å². The van der Waals surface area contributed by atoms with Crippen LogP contribution in [0.15, 0.2) is 41.0 Å². The molecule has 2 amide bonds. The number of nitrogens with zero attached hydrogens (tertiary/aromatic N) is 1.